The Balaban J connectivity index is 1.66. The maximum atomic E-state index is 3.40. The molecule has 2 nitrogen and oxygen atoms in total. The monoisotopic (exact) mass is 152 g/mol. The van der Waals surface area contributed by atoms with Crippen LogP contribution in [-0.2, 0) is 0 Å². The summed E-state index contributed by atoms with van der Waals surface area (Å²) >= 11 is 0. The predicted molar refractivity (Wildman–Crippen MR) is 44.5 cm³/mol. The summed E-state index contributed by atoms with van der Waals surface area (Å²) in [7, 11) is 0. The summed E-state index contributed by atoms with van der Waals surface area (Å²) in [6.07, 6.45) is 4.41. The smallest absolute Gasteiger partial charge is 0.00966 e. The van der Waals surface area contributed by atoms with Crippen LogP contribution in [0.15, 0.2) is 0 Å². The lowest BCUT2D eigenvalue weighted by Crippen LogP contribution is -2.54. The standard InChI is InChI=1S/C9H16N2/c1-2-8(1)11-4-3-9(7-11)5-10-6-9/h8,10H,1-7H2. The van der Waals surface area contributed by atoms with E-state index in [9.17, 15) is 0 Å². The predicted octanol–water partition coefficient (Wildman–Crippen LogP) is 0.444. The lowest BCUT2D eigenvalue weighted by Gasteiger charge is -2.39. The van der Waals surface area contributed by atoms with E-state index in [1.165, 1.54) is 45.4 Å². The zero-order chi connectivity index (χ0) is 7.31. The minimum absolute atomic E-state index is 0.725. The molecule has 1 aliphatic carbocycles. The van der Waals surface area contributed by atoms with E-state index in [0.717, 1.165) is 11.5 Å². The number of likely N-dealkylation sites (tertiary alicyclic amines) is 1. The van der Waals surface area contributed by atoms with Crippen molar-refractivity contribution in [2.45, 2.75) is 25.3 Å². The van der Waals surface area contributed by atoms with Gasteiger partial charge in [0.15, 0.2) is 0 Å². The molecule has 0 amide bonds. The Labute approximate surface area is 68.0 Å². The molecule has 1 spiro atoms. The third-order valence-electron chi connectivity index (χ3n) is 3.53. The summed E-state index contributed by atoms with van der Waals surface area (Å²) in [5.41, 5.74) is 0.725. The van der Waals surface area contributed by atoms with Gasteiger partial charge in [0, 0.05) is 31.1 Å². The first-order chi connectivity index (χ1) is 5.38. The van der Waals surface area contributed by atoms with Crippen molar-refractivity contribution >= 4 is 0 Å². The van der Waals surface area contributed by atoms with Crippen LogP contribution < -0.4 is 5.32 Å². The van der Waals surface area contributed by atoms with Gasteiger partial charge in [-0.2, -0.15) is 0 Å². The molecule has 0 bridgehead atoms. The lowest BCUT2D eigenvalue weighted by molar-refractivity contribution is 0.167. The highest BCUT2D eigenvalue weighted by Gasteiger charge is 2.46. The number of hydrogen-bond acceptors (Lipinski definition) is 2. The molecule has 2 saturated heterocycles. The van der Waals surface area contributed by atoms with Gasteiger partial charge in [-0.15, -0.1) is 0 Å². The van der Waals surface area contributed by atoms with Crippen molar-refractivity contribution in [3.8, 4) is 0 Å². The van der Waals surface area contributed by atoms with E-state index in [4.69, 9.17) is 0 Å². The van der Waals surface area contributed by atoms with Gasteiger partial charge < -0.3 is 5.32 Å². The van der Waals surface area contributed by atoms with E-state index >= 15 is 0 Å². The van der Waals surface area contributed by atoms with Crippen LogP contribution in [0.3, 0.4) is 0 Å². The highest BCUT2D eigenvalue weighted by Crippen LogP contribution is 2.39. The average Bonchev–Trinajstić information content (AvgIpc) is 2.67. The molecule has 2 aliphatic heterocycles. The first-order valence-corrected chi connectivity index (χ1v) is 4.83. The van der Waals surface area contributed by atoms with E-state index in [-0.39, 0.29) is 0 Å². The molecule has 3 aliphatic rings. The van der Waals surface area contributed by atoms with Gasteiger partial charge in [-0.25, -0.2) is 0 Å². The van der Waals surface area contributed by atoms with Crippen LogP contribution in [0.1, 0.15) is 19.3 Å². The molecule has 11 heavy (non-hydrogen) atoms. The van der Waals surface area contributed by atoms with Gasteiger partial charge in [-0.3, -0.25) is 4.90 Å². The van der Waals surface area contributed by atoms with Crippen LogP contribution in [-0.4, -0.2) is 37.1 Å². The van der Waals surface area contributed by atoms with Crippen LogP contribution in [0, 0.1) is 5.41 Å². The second-order valence-electron chi connectivity index (χ2n) is 4.56. The lowest BCUT2D eigenvalue weighted by atomic mass is 9.81. The average molecular weight is 152 g/mol. The Kier molecular flexibility index (Phi) is 1.16. The first-order valence-electron chi connectivity index (χ1n) is 4.83. The van der Waals surface area contributed by atoms with E-state index < -0.39 is 0 Å². The Morgan fingerprint density at radius 2 is 2.09 bits per heavy atom. The van der Waals surface area contributed by atoms with Crippen molar-refractivity contribution in [3.63, 3.8) is 0 Å². The van der Waals surface area contributed by atoms with Crippen molar-refractivity contribution in [3.05, 3.63) is 0 Å². The minimum Gasteiger partial charge on any atom is -0.315 e. The van der Waals surface area contributed by atoms with Crippen molar-refractivity contribution in [2.24, 2.45) is 5.41 Å². The van der Waals surface area contributed by atoms with Gasteiger partial charge in [0.1, 0.15) is 0 Å². The normalized spacial score (nSPS) is 36.0. The Hall–Kier alpha value is -0.0800. The molecular formula is C9H16N2. The largest absolute Gasteiger partial charge is 0.315 e. The third-order valence-corrected chi connectivity index (χ3v) is 3.53. The molecule has 0 aromatic heterocycles. The third kappa shape index (κ3) is 0.926. The minimum atomic E-state index is 0.725. The number of rotatable bonds is 1. The van der Waals surface area contributed by atoms with Crippen LogP contribution in [0.5, 0.6) is 0 Å². The molecule has 0 radical (unpaired) electrons. The van der Waals surface area contributed by atoms with Crippen LogP contribution in [0.2, 0.25) is 0 Å². The maximum absolute atomic E-state index is 3.40. The SMILES string of the molecule is C1CC1N1CCC2(CNC2)C1. The molecule has 3 rings (SSSR count). The second-order valence-corrected chi connectivity index (χ2v) is 4.56. The fourth-order valence-corrected chi connectivity index (χ4v) is 2.49. The van der Waals surface area contributed by atoms with E-state index in [0.29, 0.717) is 0 Å². The molecule has 3 fully saturated rings. The fraction of sp³-hybridized carbons (Fsp3) is 1.00. The van der Waals surface area contributed by atoms with Gasteiger partial charge in [-0.05, 0) is 25.8 Å². The summed E-state index contributed by atoms with van der Waals surface area (Å²) in [4.78, 5) is 2.71. The zero-order valence-electron chi connectivity index (χ0n) is 6.97. The number of nitrogens with one attached hydrogen (secondary N) is 1. The molecule has 1 saturated carbocycles. The van der Waals surface area contributed by atoms with Crippen LogP contribution >= 0.6 is 0 Å². The number of nitrogens with zero attached hydrogens (tertiary/aromatic N) is 1. The Morgan fingerprint density at radius 1 is 1.27 bits per heavy atom. The molecule has 1 N–H and O–H groups in total. The van der Waals surface area contributed by atoms with E-state index in [2.05, 4.69) is 10.2 Å². The van der Waals surface area contributed by atoms with Gasteiger partial charge in [-0.1, -0.05) is 0 Å². The Bertz CT molecular complexity index is 170. The van der Waals surface area contributed by atoms with E-state index in [1.807, 2.05) is 0 Å². The topological polar surface area (TPSA) is 15.3 Å². The summed E-state index contributed by atoms with van der Waals surface area (Å²) in [5, 5.41) is 3.40. The van der Waals surface area contributed by atoms with Crippen molar-refractivity contribution in [1.29, 1.82) is 0 Å². The molecule has 0 unspecified atom stereocenters. The second kappa shape index (κ2) is 1.99. The molecule has 0 aromatic carbocycles. The van der Waals surface area contributed by atoms with Gasteiger partial charge in [0.05, 0.1) is 0 Å². The molecular weight excluding hydrogens is 136 g/mol. The van der Waals surface area contributed by atoms with Crippen LogP contribution in [0.25, 0.3) is 0 Å². The highest BCUT2D eigenvalue weighted by molar-refractivity contribution is 5.02. The molecule has 2 heteroatoms. The highest BCUT2D eigenvalue weighted by atomic mass is 15.2. The van der Waals surface area contributed by atoms with Crippen LogP contribution in [0.4, 0.5) is 0 Å². The van der Waals surface area contributed by atoms with Gasteiger partial charge >= 0.3 is 0 Å². The quantitative estimate of drug-likeness (QED) is 0.586. The van der Waals surface area contributed by atoms with Gasteiger partial charge in [0.2, 0.25) is 0 Å². The summed E-state index contributed by atoms with van der Waals surface area (Å²) in [5.74, 6) is 0. The fourth-order valence-electron chi connectivity index (χ4n) is 2.49. The van der Waals surface area contributed by atoms with Crippen molar-refractivity contribution in [2.75, 3.05) is 26.2 Å². The molecule has 2 heterocycles. The van der Waals surface area contributed by atoms with Crippen molar-refractivity contribution in [1.82, 2.24) is 10.2 Å². The molecule has 62 valence electrons. The van der Waals surface area contributed by atoms with Gasteiger partial charge in [0.25, 0.3) is 0 Å². The maximum Gasteiger partial charge on any atom is 0.00966 e. The summed E-state index contributed by atoms with van der Waals surface area (Å²) in [6, 6.07) is 0.995. The zero-order valence-corrected chi connectivity index (χ0v) is 6.97. The van der Waals surface area contributed by atoms with Crippen molar-refractivity contribution < 1.29 is 0 Å². The van der Waals surface area contributed by atoms with E-state index in [1.54, 1.807) is 0 Å². The number of hydrogen-bond donors (Lipinski definition) is 1. The first kappa shape index (κ1) is 6.44. The molecule has 0 aromatic rings. The molecule has 0 atom stereocenters. The summed E-state index contributed by atoms with van der Waals surface area (Å²) in [6.45, 7) is 5.35. The summed E-state index contributed by atoms with van der Waals surface area (Å²) < 4.78 is 0. The Morgan fingerprint density at radius 3 is 2.55 bits per heavy atom.